The summed E-state index contributed by atoms with van der Waals surface area (Å²) in [6, 6.07) is 0. The van der Waals surface area contributed by atoms with Gasteiger partial charge in [0.1, 0.15) is 0 Å². The van der Waals surface area contributed by atoms with Gasteiger partial charge in [0.15, 0.2) is 6.10 Å². The quantitative estimate of drug-likeness (QED) is 0.468. The topological polar surface area (TPSA) is 94.8 Å². The standard InChI is InChI=1S/C13H24O5/c14-11(13(17)18)9-7-5-3-1-2-4-6-8-10-12(15)16/h11,14H,1-10H2,(H,15,16)(H,17,18). The van der Waals surface area contributed by atoms with E-state index < -0.39 is 18.0 Å². The highest BCUT2D eigenvalue weighted by molar-refractivity contribution is 5.71. The van der Waals surface area contributed by atoms with Gasteiger partial charge in [-0.25, -0.2) is 4.79 Å². The number of unbranched alkanes of at least 4 members (excludes halogenated alkanes) is 7. The molecule has 0 aromatic carbocycles. The lowest BCUT2D eigenvalue weighted by Crippen LogP contribution is -2.18. The van der Waals surface area contributed by atoms with Crippen molar-refractivity contribution >= 4 is 11.9 Å². The number of rotatable bonds is 12. The molecule has 0 amide bonds. The first-order valence-electron chi connectivity index (χ1n) is 6.66. The summed E-state index contributed by atoms with van der Waals surface area (Å²) in [6.07, 6.45) is 7.06. The first-order valence-corrected chi connectivity index (χ1v) is 6.66. The van der Waals surface area contributed by atoms with Crippen LogP contribution >= 0.6 is 0 Å². The number of aliphatic hydroxyl groups is 1. The van der Waals surface area contributed by atoms with Crippen molar-refractivity contribution in [2.24, 2.45) is 0 Å². The maximum Gasteiger partial charge on any atom is 0.332 e. The van der Waals surface area contributed by atoms with E-state index in [1.165, 1.54) is 0 Å². The van der Waals surface area contributed by atoms with Crippen molar-refractivity contribution in [2.75, 3.05) is 0 Å². The zero-order valence-corrected chi connectivity index (χ0v) is 10.8. The summed E-state index contributed by atoms with van der Waals surface area (Å²) < 4.78 is 0. The van der Waals surface area contributed by atoms with Gasteiger partial charge in [-0.1, -0.05) is 44.9 Å². The highest BCUT2D eigenvalue weighted by atomic mass is 16.4. The molecule has 0 aliphatic carbocycles. The summed E-state index contributed by atoms with van der Waals surface area (Å²) in [4.78, 5) is 20.6. The van der Waals surface area contributed by atoms with Crippen molar-refractivity contribution in [1.82, 2.24) is 0 Å². The molecular weight excluding hydrogens is 236 g/mol. The first kappa shape index (κ1) is 16.9. The van der Waals surface area contributed by atoms with Crippen LogP contribution in [0.4, 0.5) is 0 Å². The molecule has 5 heteroatoms. The fraction of sp³-hybridized carbons (Fsp3) is 0.846. The van der Waals surface area contributed by atoms with E-state index in [0.717, 1.165) is 51.4 Å². The molecule has 0 spiro atoms. The fourth-order valence-corrected chi connectivity index (χ4v) is 1.80. The van der Waals surface area contributed by atoms with Crippen LogP contribution in [0.25, 0.3) is 0 Å². The van der Waals surface area contributed by atoms with Crippen LogP contribution in [0.15, 0.2) is 0 Å². The zero-order valence-electron chi connectivity index (χ0n) is 10.8. The number of hydrogen-bond acceptors (Lipinski definition) is 3. The Kier molecular flexibility index (Phi) is 10.3. The van der Waals surface area contributed by atoms with Crippen LogP contribution in [-0.4, -0.2) is 33.4 Å². The van der Waals surface area contributed by atoms with E-state index in [2.05, 4.69) is 0 Å². The maximum absolute atomic E-state index is 10.3. The second kappa shape index (κ2) is 11.0. The molecule has 106 valence electrons. The van der Waals surface area contributed by atoms with Crippen molar-refractivity contribution in [3.63, 3.8) is 0 Å². The second-order valence-electron chi connectivity index (χ2n) is 4.61. The van der Waals surface area contributed by atoms with Gasteiger partial charge >= 0.3 is 11.9 Å². The van der Waals surface area contributed by atoms with E-state index in [-0.39, 0.29) is 6.42 Å². The molecule has 0 aliphatic heterocycles. The number of carboxylic acids is 2. The molecule has 0 rings (SSSR count). The molecule has 0 bridgehead atoms. The number of aliphatic hydroxyl groups excluding tert-OH is 1. The van der Waals surface area contributed by atoms with Crippen molar-refractivity contribution in [2.45, 2.75) is 70.3 Å². The van der Waals surface area contributed by atoms with Gasteiger partial charge in [0.2, 0.25) is 0 Å². The van der Waals surface area contributed by atoms with Gasteiger partial charge in [0, 0.05) is 6.42 Å². The zero-order chi connectivity index (χ0) is 13.8. The molecule has 0 saturated heterocycles. The van der Waals surface area contributed by atoms with Crippen LogP contribution in [0.2, 0.25) is 0 Å². The Morgan fingerprint density at radius 1 is 0.778 bits per heavy atom. The average Bonchev–Trinajstić information content (AvgIpc) is 2.30. The van der Waals surface area contributed by atoms with E-state index in [1.54, 1.807) is 0 Å². The first-order chi connectivity index (χ1) is 8.54. The SMILES string of the molecule is O=C(O)CCCCCCCCCCC(O)C(=O)O. The Morgan fingerprint density at radius 3 is 1.67 bits per heavy atom. The third kappa shape index (κ3) is 11.4. The highest BCUT2D eigenvalue weighted by Crippen LogP contribution is 2.11. The maximum atomic E-state index is 10.3. The van der Waals surface area contributed by atoms with Gasteiger partial charge in [-0.2, -0.15) is 0 Å². The van der Waals surface area contributed by atoms with Gasteiger partial charge < -0.3 is 15.3 Å². The number of carbonyl (C=O) groups is 2. The summed E-state index contributed by atoms with van der Waals surface area (Å²) in [5.41, 5.74) is 0. The molecule has 5 nitrogen and oxygen atoms in total. The summed E-state index contributed by atoms with van der Waals surface area (Å²) in [6.45, 7) is 0. The molecule has 1 atom stereocenters. The third-order valence-corrected chi connectivity index (χ3v) is 2.90. The van der Waals surface area contributed by atoms with E-state index in [1.807, 2.05) is 0 Å². The van der Waals surface area contributed by atoms with Gasteiger partial charge in [-0.3, -0.25) is 4.79 Å². The molecule has 0 radical (unpaired) electrons. The van der Waals surface area contributed by atoms with Crippen molar-refractivity contribution in [3.05, 3.63) is 0 Å². The molecule has 0 aromatic heterocycles. The van der Waals surface area contributed by atoms with Crippen LogP contribution in [0, 0.1) is 0 Å². The predicted octanol–water partition coefficient (Wildman–Crippen LogP) is 2.42. The van der Waals surface area contributed by atoms with Crippen LogP contribution < -0.4 is 0 Å². The Labute approximate surface area is 108 Å². The predicted molar refractivity (Wildman–Crippen MR) is 67.4 cm³/mol. The molecule has 18 heavy (non-hydrogen) atoms. The summed E-state index contributed by atoms with van der Waals surface area (Å²) in [7, 11) is 0. The Balaban J connectivity index is 3.12. The molecule has 0 saturated carbocycles. The molecule has 3 N–H and O–H groups in total. The third-order valence-electron chi connectivity index (χ3n) is 2.90. The summed E-state index contributed by atoms with van der Waals surface area (Å²) >= 11 is 0. The van der Waals surface area contributed by atoms with Gasteiger partial charge in [0.05, 0.1) is 0 Å². The number of carboxylic acid groups (broad SMARTS) is 2. The van der Waals surface area contributed by atoms with E-state index >= 15 is 0 Å². The molecule has 0 aromatic rings. The fourth-order valence-electron chi connectivity index (χ4n) is 1.80. The van der Waals surface area contributed by atoms with E-state index in [4.69, 9.17) is 15.3 Å². The minimum absolute atomic E-state index is 0.257. The van der Waals surface area contributed by atoms with Crippen molar-refractivity contribution < 1.29 is 24.9 Å². The molecular formula is C13H24O5. The monoisotopic (exact) mass is 260 g/mol. The highest BCUT2D eigenvalue weighted by Gasteiger charge is 2.11. The Hall–Kier alpha value is -1.10. The number of aliphatic carboxylic acids is 2. The second-order valence-corrected chi connectivity index (χ2v) is 4.61. The van der Waals surface area contributed by atoms with Gasteiger partial charge in [-0.15, -0.1) is 0 Å². The minimum atomic E-state index is -1.22. The van der Waals surface area contributed by atoms with Crippen molar-refractivity contribution in [3.8, 4) is 0 Å². The molecule has 0 heterocycles. The lowest BCUT2D eigenvalue weighted by atomic mass is 10.1. The van der Waals surface area contributed by atoms with Crippen molar-refractivity contribution in [1.29, 1.82) is 0 Å². The summed E-state index contributed by atoms with van der Waals surface area (Å²) in [5.74, 6) is -1.87. The van der Waals surface area contributed by atoms with Crippen LogP contribution in [0.5, 0.6) is 0 Å². The molecule has 1 unspecified atom stereocenters. The smallest absolute Gasteiger partial charge is 0.332 e. The van der Waals surface area contributed by atoms with Crippen LogP contribution in [0.3, 0.4) is 0 Å². The Morgan fingerprint density at radius 2 is 1.22 bits per heavy atom. The van der Waals surface area contributed by atoms with E-state index in [0.29, 0.717) is 6.42 Å². The minimum Gasteiger partial charge on any atom is -0.481 e. The number of hydrogen-bond donors (Lipinski definition) is 3. The molecule has 0 fully saturated rings. The van der Waals surface area contributed by atoms with E-state index in [9.17, 15) is 9.59 Å². The lowest BCUT2D eigenvalue weighted by Gasteiger charge is -2.05. The van der Waals surface area contributed by atoms with Crippen LogP contribution in [0.1, 0.15) is 64.2 Å². The lowest BCUT2D eigenvalue weighted by molar-refractivity contribution is -0.147. The summed E-state index contributed by atoms with van der Waals surface area (Å²) in [5, 5.41) is 25.9. The average molecular weight is 260 g/mol. The van der Waals surface area contributed by atoms with Crippen LogP contribution in [-0.2, 0) is 9.59 Å². The van der Waals surface area contributed by atoms with Gasteiger partial charge in [0.25, 0.3) is 0 Å². The largest absolute Gasteiger partial charge is 0.481 e. The molecule has 0 aliphatic rings. The normalized spacial score (nSPS) is 12.3. The Bertz CT molecular complexity index is 240. The van der Waals surface area contributed by atoms with Gasteiger partial charge in [-0.05, 0) is 12.8 Å².